The molecule has 24 heavy (non-hydrogen) atoms. The van der Waals surface area contributed by atoms with Crippen molar-refractivity contribution >= 4 is 23.6 Å². The summed E-state index contributed by atoms with van der Waals surface area (Å²) in [6.45, 7) is 4.97. The predicted octanol–water partition coefficient (Wildman–Crippen LogP) is 1.60. The SMILES string of the molecule is CC1(C)OC(=O)C(=CNc2ccc(N3CCCCC3)nn2)C(=O)O1. The van der Waals surface area contributed by atoms with Gasteiger partial charge in [-0.2, -0.15) is 0 Å². The maximum atomic E-state index is 11.8. The molecule has 128 valence electrons. The maximum Gasteiger partial charge on any atom is 0.350 e. The van der Waals surface area contributed by atoms with Gasteiger partial charge < -0.3 is 19.7 Å². The summed E-state index contributed by atoms with van der Waals surface area (Å²) in [5.41, 5.74) is -0.212. The lowest BCUT2D eigenvalue weighted by atomic mass is 10.1. The predicted molar refractivity (Wildman–Crippen MR) is 86.1 cm³/mol. The third-order valence-electron chi connectivity index (χ3n) is 3.81. The fraction of sp³-hybridized carbons (Fsp3) is 0.500. The molecule has 0 atom stereocenters. The van der Waals surface area contributed by atoms with Crippen LogP contribution in [0.25, 0.3) is 0 Å². The van der Waals surface area contributed by atoms with Crippen LogP contribution in [0.15, 0.2) is 23.9 Å². The molecule has 8 nitrogen and oxygen atoms in total. The first kappa shape index (κ1) is 16.2. The molecule has 0 aliphatic carbocycles. The quantitative estimate of drug-likeness (QED) is 0.507. The number of rotatable bonds is 3. The Morgan fingerprint density at radius 1 is 1.08 bits per heavy atom. The number of nitrogens with zero attached hydrogens (tertiary/aromatic N) is 3. The van der Waals surface area contributed by atoms with Gasteiger partial charge in [0.05, 0.1) is 0 Å². The number of nitrogens with one attached hydrogen (secondary N) is 1. The zero-order valence-corrected chi connectivity index (χ0v) is 13.7. The van der Waals surface area contributed by atoms with Crippen molar-refractivity contribution in [2.45, 2.75) is 38.9 Å². The van der Waals surface area contributed by atoms with E-state index in [1.54, 1.807) is 6.07 Å². The molecule has 0 saturated carbocycles. The number of anilines is 2. The average Bonchev–Trinajstić information content (AvgIpc) is 2.54. The first-order chi connectivity index (χ1) is 11.4. The lowest BCUT2D eigenvalue weighted by Crippen LogP contribution is -2.42. The summed E-state index contributed by atoms with van der Waals surface area (Å²) in [7, 11) is 0. The zero-order chi connectivity index (χ0) is 17.2. The minimum absolute atomic E-state index is 0.212. The average molecular weight is 332 g/mol. The molecular weight excluding hydrogens is 312 g/mol. The molecule has 0 radical (unpaired) electrons. The van der Waals surface area contributed by atoms with Crippen LogP contribution in [-0.4, -0.2) is 41.0 Å². The van der Waals surface area contributed by atoms with E-state index in [0.717, 1.165) is 31.7 Å². The molecule has 2 aliphatic rings. The second-order valence-electron chi connectivity index (χ2n) is 6.21. The van der Waals surface area contributed by atoms with Crippen molar-refractivity contribution in [1.82, 2.24) is 10.2 Å². The van der Waals surface area contributed by atoms with Crippen LogP contribution in [0, 0.1) is 0 Å². The van der Waals surface area contributed by atoms with Gasteiger partial charge in [-0.05, 0) is 31.4 Å². The van der Waals surface area contributed by atoms with Gasteiger partial charge in [-0.1, -0.05) is 0 Å². The molecule has 3 heterocycles. The summed E-state index contributed by atoms with van der Waals surface area (Å²) in [4.78, 5) is 25.8. The summed E-state index contributed by atoms with van der Waals surface area (Å²) in [6.07, 6.45) is 4.80. The lowest BCUT2D eigenvalue weighted by Gasteiger charge is -2.29. The fourth-order valence-electron chi connectivity index (χ4n) is 2.62. The molecule has 1 aromatic rings. The van der Waals surface area contributed by atoms with E-state index in [0.29, 0.717) is 5.82 Å². The van der Waals surface area contributed by atoms with Gasteiger partial charge in [-0.3, -0.25) is 0 Å². The van der Waals surface area contributed by atoms with Crippen molar-refractivity contribution in [3.8, 4) is 0 Å². The van der Waals surface area contributed by atoms with Crippen LogP contribution in [-0.2, 0) is 19.1 Å². The van der Waals surface area contributed by atoms with Crippen LogP contribution < -0.4 is 10.2 Å². The van der Waals surface area contributed by atoms with Gasteiger partial charge in [-0.15, -0.1) is 10.2 Å². The molecule has 2 saturated heterocycles. The second-order valence-corrected chi connectivity index (χ2v) is 6.21. The Kier molecular flexibility index (Phi) is 4.37. The van der Waals surface area contributed by atoms with Crippen molar-refractivity contribution in [2.24, 2.45) is 0 Å². The first-order valence-corrected chi connectivity index (χ1v) is 7.97. The molecule has 0 amide bonds. The van der Waals surface area contributed by atoms with Crippen molar-refractivity contribution in [1.29, 1.82) is 0 Å². The molecule has 3 rings (SSSR count). The highest BCUT2D eigenvalue weighted by Crippen LogP contribution is 2.23. The number of carbonyl (C=O) groups excluding carboxylic acids is 2. The van der Waals surface area contributed by atoms with Crippen LogP contribution in [0.5, 0.6) is 0 Å². The standard InChI is InChI=1S/C16H20N4O4/c1-16(2)23-14(21)11(15(22)24-16)10-17-12-6-7-13(19-18-12)20-8-4-3-5-9-20/h6-7,10H,3-5,8-9H2,1-2H3,(H,17,18). The molecule has 2 aliphatic heterocycles. The third kappa shape index (κ3) is 3.64. The summed E-state index contributed by atoms with van der Waals surface area (Å²) in [6, 6.07) is 3.61. The Balaban J connectivity index is 1.66. The maximum absolute atomic E-state index is 11.8. The van der Waals surface area contributed by atoms with Crippen LogP contribution in [0.2, 0.25) is 0 Å². The van der Waals surface area contributed by atoms with Gasteiger partial charge in [0.25, 0.3) is 5.79 Å². The van der Waals surface area contributed by atoms with Gasteiger partial charge in [0.2, 0.25) is 0 Å². The molecular formula is C16H20N4O4. The van der Waals surface area contributed by atoms with E-state index in [-0.39, 0.29) is 5.57 Å². The van der Waals surface area contributed by atoms with Crippen LogP contribution in [0.1, 0.15) is 33.1 Å². The first-order valence-electron chi connectivity index (χ1n) is 7.97. The number of cyclic esters (lactones) is 2. The van der Waals surface area contributed by atoms with Gasteiger partial charge >= 0.3 is 11.9 Å². The van der Waals surface area contributed by atoms with E-state index in [4.69, 9.17) is 9.47 Å². The molecule has 0 spiro atoms. The Morgan fingerprint density at radius 3 is 2.33 bits per heavy atom. The minimum atomic E-state index is -1.25. The summed E-state index contributed by atoms with van der Waals surface area (Å²) < 4.78 is 10.0. The Hall–Kier alpha value is -2.64. The van der Waals surface area contributed by atoms with Crippen molar-refractivity contribution in [3.63, 3.8) is 0 Å². The highest BCUT2D eigenvalue weighted by Gasteiger charge is 2.38. The van der Waals surface area contributed by atoms with Gasteiger partial charge in [0, 0.05) is 33.1 Å². The van der Waals surface area contributed by atoms with Crippen molar-refractivity contribution in [2.75, 3.05) is 23.3 Å². The second kappa shape index (κ2) is 6.46. The number of carbonyl (C=O) groups is 2. The van der Waals surface area contributed by atoms with Crippen LogP contribution in [0.3, 0.4) is 0 Å². The van der Waals surface area contributed by atoms with E-state index in [1.165, 1.54) is 26.5 Å². The molecule has 0 unspecified atom stereocenters. The highest BCUT2D eigenvalue weighted by molar-refractivity contribution is 6.15. The highest BCUT2D eigenvalue weighted by atomic mass is 16.7. The van der Waals surface area contributed by atoms with Crippen LogP contribution >= 0.6 is 0 Å². The summed E-state index contributed by atoms with van der Waals surface area (Å²) >= 11 is 0. The topological polar surface area (TPSA) is 93.6 Å². The van der Waals surface area contributed by atoms with Gasteiger partial charge in [0.15, 0.2) is 17.2 Å². The van der Waals surface area contributed by atoms with Crippen LogP contribution in [0.4, 0.5) is 11.6 Å². The van der Waals surface area contributed by atoms with E-state index < -0.39 is 17.7 Å². The number of esters is 2. The molecule has 1 N–H and O–H groups in total. The molecule has 8 heteroatoms. The molecule has 1 aromatic heterocycles. The molecule has 0 bridgehead atoms. The van der Waals surface area contributed by atoms with E-state index in [2.05, 4.69) is 20.4 Å². The smallest absolute Gasteiger partial charge is 0.350 e. The van der Waals surface area contributed by atoms with Crippen molar-refractivity contribution < 1.29 is 19.1 Å². The van der Waals surface area contributed by atoms with E-state index >= 15 is 0 Å². The number of ether oxygens (including phenoxy) is 2. The Bertz CT molecular complexity index is 641. The van der Waals surface area contributed by atoms with E-state index in [9.17, 15) is 9.59 Å². The fourth-order valence-corrected chi connectivity index (χ4v) is 2.62. The number of hydrogen-bond donors (Lipinski definition) is 1. The number of hydrogen-bond acceptors (Lipinski definition) is 8. The van der Waals surface area contributed by atoms with E-state index in [1.807, 2.05) is 6.07 Å². The molecule has 2 fully saturated rings. The Morgan fingerprint density at radius 2 is 1.75 bits per heavy atom. The largest absolute Gasteiger partial charge is 0.419 e. The summed E-state index contributed by atoms with van der Waals surface area (Å²) in [5.74, 6) is -1.47. The monoisotopic (exact) mass is 332 g/mol. The molecule has 0 aromatic carbocycles. The summed E-state index contributed by atoms with van der Waals surface area (Å²) in [5, 5.41) is 11.0. The van der Waals surface area contributed by atoms with Gasteiger partial charge in [-0.25, -0.2) is 9.59 Å². The van der Waals surface area contributed by atoms with Crippen molar-refractivity contribution in [3.05, 3.63) is 23.9 Å². The Labute approximate surface area is 139 Å². The normalized spacial score (nSPS) is 20.2. The third-order valence-corrected chi connectivity index (χ3v) is 3.81. The van der Waals surface area contributed by atoms with Gasteiger partial charge in [0.1, 0.15) is 0 Å². The number of piperidine rings is 1. The minimum Gasteiger partial charge on any atom is -0.419 e. The number of aromatic nitrogens is 2. The lowest BCUT2D eigenvalue weighted by molar-refractivity contribution is -0.222. The zero-order valence-electron chi connectivity index (χ0n) is 13.7.